The average Bonchev–Trinajstić information content (AvgIpc) is 2.38. The van der Waals surface area contributed by atoms with Crippen LogP contribution < -0.4 is 5.32 Å². The van der Waals surface area contributed by atoms with Gasteiger partial charge in [0.05, 0.1) is 0 Å². The summed E-state index contributed by atoms with van der Waals surface area (Å²) in [7, 11) is 0. The lowest BCUT2D eigenvalue weighted by Gasteiger charge is -2.49. The van der Waals surface area contributed by atoms with E-state index in [1.807, 2.05) is 0 Å². The molecule has 2 heteroatoms. The fourth-order valence-corrected chi connectivity index (χ4v) is 4.10. The van der Waals surface area contributed by atoms with Gasteiger partial charge in [-0.2, -0.15) is 0 Å². The van der Waals surface area contributed by atoms with Crippen molar-refractivity contribution in [3.63, 3.8) is 0 Å². The van der Waals surface area contributed by atoms with Gasteiger partial charge in [0.1, 0.15) is 0 Å². The van der Waals surface area contributed by atoms with Gasteiger partial charge in [-0.25, -0.2) is 0 Å². The van der Waals surface area contributed by atoms with Crippen molar-refractivity contribution in [1.82, 2.24) is 10.2 Å². The predicted molar refractivity (Wildman–Crippen MR) is 78.8 cm³/mol. The van der Waals surface area contributed by atoms with Crippen molar-refractivity contribution in [3.05, 3.63) is 0 Å². The van der Waals surface area contributed by atoms with Gasteiger partial charge in [-0.3, -0.25) is 4.90 Å². The number of hydrogen-bond donors (Lipinski definition) is 1. The number of hydrogen-bond acceptors (Lipinski definition) is 2. The van der Waals surface area contributed by atoms with Crippen molar-refractivity contribution in [3.8, 4) is 0 Å². The third kappa shape index (κ3) is 3.08. The minimum atomic E-state index is 0.669. The summed E-state index contributed by atoms with van der Waals surface area (Å²) in [6, 6.07) is 2.29. The van der Waals surface area contributed by atoms with Gasteiger partial charge in [-0.05, 0) is 38.0 Å². The van der Waals surface area contributed by atoms with E-state index in [4.69, 9.17) is 0 Å². The molecule has 0 amide bonds. The van der Waals surface area contributed by atoms with E-state index >= 15 is 0 Å². The topological polar surface area (TPSA) is 15.3 Å². The van der Waals surface area contributed by atoms with Crippen LogP contribution in [0.4, 0.5) is 0 Å². The van der Waals surface area contributed by atoms with E-state index in [1.165, 1.54) is 45.2 Å². The van der Waals surface area contributed by atoms with Crippen LogP contribution in [-0.4, -0.2) is 36.1 Å². The van der Waals surface area contributed by atoms with E-state index in [0.717, 1.165) is 23.9 Å². The summed E-state index contributed by atoms with van der Waals surface area (Å²) in [5.41, 5.74) is 0. The molecule has 106 valence electrons. The molecule has 0 radical (unpaired) electrons. The van der Waals surface area contributed by atoms with E-state index in [-0.39, 0.29) is 0 Å². The van der Waals surface area contributed by atoms with Crippen LogP contribution in [0.5, 0.6) is 0 Å². The first-order valence-corrected chi connectivity index (χ1v) is 8.12. The van der Waals surface area contributed by atoms with Gasteiger partial charge in [-0.1, -0.05) is 33.6 Å². The second-order valence-corrected chi connectivity index (χ2v) is 6.83. The highest BCUT2D eigenvalue weighted by molar-refractivity contribution is 4.92. The zero-order valence-electron chi connectivity index (χ0n) is 12.8. The molecule has 4 unspecified atom stereocenters. The first-order chi connectivity index (χ1) is 8.63. The van der Waals surface area contributed by atoms with Gasteiger partial charge in [0, 0.05) is 31.2 Å². The molecular formula is C16H32N2. The Labute approximate surface area is 114 Å². The number of rotatable bonds is 3. The molecule has 2 aliphatic rings. The maximum Gasteiger partial charge on any atom is 0.0221 e. The third-order valence-electron chi connectivity index (χ3n) is 5.19. The highest BCUT2D eigenvalue weighted by atomic mass is 15.3. The van der Waals surface area contributed by atoms with E-state index < -0.39 is 0 Å². The number of piperazine rings is 1. The summed E-state index contributed by atoms with van der Waals surface area (Å²) in [4.78, 5) is 2.87. The molecule has 0 aromatic heterocycles. The maximum atomic E-state index is 3.65. The smallest absolute Gasteiger partial charge is 0.0221 e. The standard InChI is InChI=1S/C16H32N2/c1-5-14-10-17-13(4)11-18(14)16-9-7-6-8-15(16)12(2)3/h12-17H,5-11H2,1-4H3. The summed E-state index contributed by atoms with van der Waals surface area (Å²) in [5, 5.41) is 3.65. The first kappa shape index (κ1) is 14.3. The summed E-state index contributed by atoms with van der Waals surface area (Å²) < 4.78 is 0. The lowest BCUT2D eigenvalue weighted by Crippen LogP contribution is -2.60. The lowest BCUT2D eigenvalue weighted by molar-refractivity contribution is 0.0171. The van der Waals surface area contributed by atoms with Crippen LogP contribution >= 0.6 is 0 Å². The normalized spacial score (nSPS) is 39.2. The molecule has 2 rings (SSSR count). The Hall–Kier alpha value is -0.0800. The summed E-state index contributed by atoms with van der Waals surface area (Å²) in [5.74, 6) is 1.77. The summed E-state index contributed by atoms with van der Waals surface area (Å²) in [6.45, 7) is 12.0. The maximum absolute atomic E-state index is 3.65. The Bertz CT molecular complexity index is 251. The van der Waals surface area contributed by atoms with Gasteiger partial charge in [0.2, 0.25) is 0 Å². The van der Waals surface area contributed by atoms with Crippen LogP contribution in [-0.2, 0) is 0 Å². The van der Waals surface area contributed by atoms with Crippen LogP contribution in [0.25, 0.3) is 0 Å². The van der Waals surface area contributed by atoms with Crippen molar-refractivity contribution in [1.29, 1.82) is 0 Å². The van der Waals surface area contributed by atoms with Crippen LogP contribution in [0.15, 0.2) is 0 Å². The van der Waals surface area contributed by atoms with Crippen molar-refractivity contribution < 1.29 is 0 Å². The van der Waals surface area contributed by atoms with Crippen molar-refractivity contribution in [2.45, 2.75) is 77.9 Å². The van der Waals surface area contributed by atoms with E-state index in [1.54, 1.807) is 0 Å². The molecule has 1 heterocycles. The van der Waals surface area contributed by atoms with Gasteiger partial charge < -0.3 is 5.32 Å². The Balaban J connectivity index is 2.09. The van der Waals surface area contributed by atoms with Crippen molar-refractivity contribution in [2.75, 3.05) is 13.1 Å². The summed E-state index contributed by atoms with van der Waals surface area (Å²) >= 11 is 0. The SMILES string of the molecule is CCC1CNC(C)CN1C1CCCCC1C(C)C. The molecule has 1 aliphatic heterocycles. The van der Waals surface area contributed by atoms with Crippen molar-refractivity contribution >= 4 is 0 Å². The zero-order valence-corrected chi connectivity index (χ0v) is 12.8. The highest BCUT2D eigenvalue weighted by Gasteiger charge is 2.37. The molecule has 1 N–H and O–H groups in total. The molecule has 4 atom stereocenters. The molecule has 1 saturated heterocycles. The quantitative estimate of drug-likeness (QED) is 0.829. The zero-order chi connectivity index (χ0) is 13.1. The van der Waals surface area contributed by atoms with Gasteiger partial charge >= 0.3 is 0 Å². The van der Waals surface area contributed by atoms with Crippen molar-refractivity contribution in [2.24, 2.45) is 11.8 Å². The fraction of sp³-hybridized carbons (Fsp3) is 1.00. The molecule has 18 heavy (non-hydrogen) atoms. The van der Waals surface area contributed by atoms with Crippen LogP contribution in [0, 0.1) is 11.8 Å². The van der Waals surface area contributed by atoms with E-state index in [2.05, 4.69) is 37.9 Å². The Morgan fingerprint density at radius 1 is 1.22 bits per heavy atom. The van der Waals surface area contributed by atoms with E-state index in [0.29, 0.717) is 6.04 Å². The number of nitrogens with one attached hydrogen (secondary N) is 1. The van der Waals surface area contributed by atoms with Gasteiger partial charge in [0.25, 0.3) is 0 Å². The van der Waals surface area contributed by atoms with Crippen LogP contribution in [0.3, 0.4) is 0 Å². The minimum Gasteiger partial charge on any atom is -0.311 e. The van der Waals surface area contributed by atoms with E-state index in [9.17, 15) is 0 Å². The molecule has 2 fully saturated rings. The molecular weight excluding hydrogens is 220 g/mol. The molecule has 0 spiro atoms. The molecule has 0 aromatic carbocycles. The largest absolute Gasteiger partial charge is 0.311 e. The molecule has 2 nitrogen and oxygen atoms in total. The van der Waals surface area contributed by atoms with Crippen LogP contribution in [0.1, 0.15) is 59.8 Å². The monoisotopic (exact) mass is 252 g/mol. The van der Waals surface area contributed by atoms with Crippen LogP contribution in [0.2, 0.25) is 0 Å². The predicted octanol–water partition coefficient (Wildman–Crippen LogP) is 3.27. The van der Waals surface area contributed by atoms with Gasteiger partial charge in [-0.15, -0.1) is 0 Å². The molecule has 0 aromatic rings. The molecule has 1 aliphatic carbocycles. The highest BCUT2D eigenvalue weighted by Crippen LogP contribution is 2.35. The lowest BCUT2D eigenvalue weighted by atomic mass is 9.76. The first-order valence-electron chi connectivity index (χ1n) is 8.12. The Morgan fingerprint density at radius 2 is 1.94 bits per heavy atom. The van der Waals surface area contributed by atoms with Gasteiger partial charge in [0.15, 0.2) is 0 Å². The minimum absolute atomic E-state index is 0.669. The number of nitrogens with zero attached hydrogens (tertiary/aromatic N) is 1. The Morgan fingerprint density at radius 3 is 2.61 bits per heavy atom. The summed E-state index contributed by atoms with van der Waals surface area (Å²) in [6.07, 6.45) is 7.09. The second-order valence-electron chi connectivity index (χ2n) is 6.83. The fourth-order valence-electron chi connectivity index (χ4n) is 4.10. The third-order valence-corrected chi connectivity index (χ3v) is 5.19. The average molecular weight is 252 g/mol. The molecule has 1 saturated carbocycles. The second kappa shape index (κ2) is 6.38. The Kier molecular flexibility index (Phi) is 5.08. The molecule has 0 bridgehead atoms.